The molecule has 1 aromatic carbocycles. The fourth-order valence-corrected chi connectivity index (χ4v) is 3.02. The lowest BCUT2D eigenvalue weighted by molar-refractivity contribution is -0.136. The third-order valence-electron chi connectivity index (χ3n) is 4.41. The number of nitrogens with one attached hydrogen (secondary N) is 2. The van der Waals surface area contributed by atoms with E-state index in [9.17, 15) is 4.79 Å². The molecule has 1 atom stereocenters. The first-order valence-corrected chi connectivity index (χ1v) is 8.39. The topological polar surface area (TPSA) is 68.8 Å². The Morgan fingerprint density at radius 1 is 1.25 bits per heavy atom. The van der Waals surface area contributed by atoms with Gasteiger partial charge in [-0.2, -0.15) is 0 Å². The molecule has 134 valence electrons. The highest BCUT2D eigenvalue weighted by atomic mass is 16.5. The highest BCUT2D eigenvalue weighted by Gasteiger charge is 2.39. The van der Waals surface area contributed by atoms with Gasteiger partial charge >= 0.3 is 0 Å². The Bertz CT molecular complexity index is 524. The number of benzene rings is 1. The molecule has 0 aromatic heterocycles. The highest BCUT2D eigenvalue weighted by molar-refractivity contribution is 5.83. The molecule has 6 nitrogen and oxygen atoms in total. The van der Waals surface area contributed by atoms with Gasteiger partial charge in [0.2, 0.25) is 5.91 Å². The molecule has 1 aromatic rings. The molecule has 1 aliphatic rings. The van der Waals surface area contributed by atoms with E-state index in [1.165, 1.54) is 0 Å². The van der Waals surface area contributed by atoms with Crippen LogP contribution in [0.2, 0.25) is 0 Å². The number of ether oxygens (including phenoxy) is 3. The first-order valence-electron chi connectivity index (χ1n) is 8.39. The summed E-state index contributed by atoms with van der Waals surface area (Å²) in [6, 6.07) is 7.50. The van der Waals surface area contributed by atoms with Crippen LogP contribution in [0.5, 0.6) is 11.5 Å². The molecule has 2 rings (SSSR count). The van der Waals surface area contributed by atoms with Crippen LogP contribution in [0.4, 0.5) is 0 Å². The Kier molecular flexibility index (Phi) is 6.87. The Morgan fingerprint density at radius 3 is 2.54 bits per heavy atom. The number of hydrogen-bond donors (Lipinski definition) is 2. The molecule has 1 saturated heterocycles. The van der Waals surface area contributed by atoms with Crippen molar-refractivity contribution in [2.24, 2.45) is 5.41 Å². The van der Waals surface area contributed by atoms with Crippen molar-refractivity contribution in [2.75, 3.05) is 40.5 Å². The van der Waals surface area contributed by atoms with Crippen LogP contribution in [0.3, 0.4) is 0 Å². The van der Waals surface area contributed by atoms with Crippen molar-refractivity contribution in [3.05, 3.63) is 24.3 Å². The molecule has 6 heteroatoms. The number of carbonyl (C=O) groups is 1. The first kappa shape index (κ1) is 18.5. The van der Waals surface area contributed by atoms with Gasteiger partial charge < -0.3 is 24.8 Å². The molecule has 1 unspecified atom stereocenters. The minimum Gasteiger partial charge on any atom is -0.493 e. The predicted molar refractivity (Wildman–Crippen MR) is 92.5 cm³/mol. The molecular formula is C18H28N2O4. The molecule has 24 heavy (non-hydrogen) atoms. The summed E-state index contributed by atoms with van der Waals surface area (Å²) in [7, 11) is 3.25. The third-order valence-corrected chi connectivity index (χ3v) is 4.41. The van der Waals surface area contributed by atoms with Gasteiger partial charge in [0, 0.05) is 7.11 Å². The summed E-state index contributed by atoms with van der Waals surface area (Å²) in [5, 5.41) is 6.31. The van der Waals surface area contributed by atoms with E-state index >= 15 is 0 Å². The van der Waals surface area contributed by atoms with E-state index in [1.807, 2.05) is 31.2 Å². The standard InChI is InChI=1S/C18H28N2O4/c1-14(24-16-7-5-4-6-15(16)23-3)12-20-17(21)18(13-22-2)8-10-19-11-9-18/h4-7,14,19H,8-13H2,1-3H3,(H,20,21). The van der Waals surface area contributed by atoms with E-state index in [4.69, 9.17) is 14.2 Å². The second kappa shape index (κ2) is 8.89. The smallest absolute Gasteiger partial charge is 0.228 e. The highest BCUT2D eigenvalue weighted by Crippen LogP contribution is 2.30. The molecular weight excluding hydrogens is 308 g/mol. The second-order valence-corrected chi connectivity index (χ2v) is 6.25. The Labute approximate surface area is 143 Å². The maximum atomic E-state index is 12.7. The summed E-state index contributed by atoms with van der Waals surface area (Å²) in [6.45, 7) is 4.49. The number of hydrogen-bond acceptors (Lipinski definition) is 5. The van der Waals surface area contributed by atoms with Crippen LogP contribution in [-0.4, -0.2) is 52.5 Å². The minimum atomic E-state index is -0.440. The van der Waals surface area contributed by atoms with Gasteiger partial charge in [0.25, 0.3) is 0 Å². The number of para-hydroxylation sites is 2. The van der Waals surface area contributed by atoms with Crippen LogP contribution < -0.4 is 20.1 Å². The van der Waals surface area contributed by atoms with Gasteiger partial charge in [-0.15, -0.1) is 0 Å². The van der Waals surface area contributed by atoms with Crippen LogP contribution in [-0.2, 0) is 9.53 Å². The van der Waals surface area contributed by atoms with Crippen molar-refractivity contribution in [3.8, 4) is 11.5 Å². The van der Waals surface area contributed by atoms with Gasteiger partial charge in [0.15, 0.2) is 11.5 Å². The van der Waals surface area contributed by atoms with Crippen molar-refractivity contribution in [2.45, 2.75) is 25.9 Å². The molecule has 1 heterocycles. The van der Waals surface area contributed by atoms with Crippen LogP contribution in [0, 0.1) is 5.41 Å². The number of methoxy groups -OCH3 is 2. The molecule has 1 amide bonds. The van der Waals surface area contributed by atoms with Gasteiger partial charge in [-0.25, -0.2) is 0 Å². The van der Waals surface area contributed by atoms with Crippen molar-refractivity contribution in [1.82, 2.24) is 10.6 Å². The zero-order valence-electron chi connectivity index (χ0n) is 14.8. The molecule has 2 N–H and O–H groups in total. The summed E-state index contributed by atoms with van der Waals surface area (Å²) in [4.78, 5) is 12.7. The van der Waals surface area contributed by atoms with Crippen molar-refractivity contribution in [1.29, 1.82) is 0 Å². The summed E-state index contributed by atoms with van der Waals surface area (Å²) in [5.41, 5.74) is -0.440. The zero-order chi connectivity index (χ0) is 17.4. The Hall–Kier alpha value is -1.79. The second-order valence-electron chi connectivity index (χ2n) is 6.25. The summed E-state index contributed by atoms with van der Waals surface area (Å²) >= 11 is 0. The maximum absolute atomic E-state index is 12.7. The zero-order valence-corrected chi connectivity index (χ0v) is 14.8. The van der Waals surface area contributed by atoms with Gasteiger partial charge in [-0.1, -0.05) is 12.1 Å². The lowest BCUT2D eigenvalue weighted by Crippen LogP contribution is -2.51. The van der Waals surface area contributed by atoms with Crippen molar-refractivity contribution in [3.63, 3.8) is 0 Å². The van der Waals surface area contributed by atoms with Crippen LogP contribution in [0.1, 0.15) is 19.8 Å². The maximum Gasteiger partial charge on any atom is 0.228 e. The van der Waals surface area contributed by atoms with E-state index in [0.29, 0.717) is 24.7 Å². The molecule has 0 bridgehead atoms. The summed E-state index contributed by atoms with van der Waals surface area (Å²) in [5.74, 6) is 1.40. The van der Waals surface area contributed by atoms with E-state index in [1.54, 1.807) is 14.2 Å². The van der Waals surface area contributed by atoms with E-state index in [-0.39, 0.29) is 12.0 Å². The lowest BCUT2D eigenvalue weighted by atomic mass is 9.78. The lowest BCUT2D eigenvalue weighted by Gasteiger charge is -2.35. The van der Waals surface area contributed by atoms with Crippen LogP contribution in [0.25, 0.3) is 0 Å². The number of rotatable bonds is 8. The van der Waals surface area contributed by atoms with Crippen molar-refractivity contribution < 1.29 is 19.0 Å². The molecule has 0 saturated carbocycles. The summed E-state index contributed by atoms with van der Waals surface area (Å²) in [6.07, 6.45) is 1.41. The Morgan fingerprint density at radius 2 is 1.92 bits per heavy atom. The predicted octanol–water partition coefficient (Wildman–Crippen LogP) is 1.59. The van der Waals surface area contributed by atoms with Gasteiger partial charge in [-0.3, -0.25) is 4.79 Å². The minimum absolute atomic E-state index is 0.0429. The number of carbonyl (C=O) groups excluding carboxylic acids is 1. The molecule has 0 spiro atoms. The van der Waals surface area contributed by atoms with Gasteiger partial charge in [-0.05, 0) is 45.0 Å². The molecule has 1 aliphatic heterocycles. The van der Waals surface area contributed by atoms with E-state index in [0.717, 1.165) is 25.9 Å². The van der Waals surface area contributed by atoms with Gasteiger partial charge in [0.05, 0.1) is 25.7 Å². The van der Waals surface area contributed by atoms with E-state index < -0.39 is 5.41 Å². The Balaban J connectivity index is 1.90. The SMILES string of the molecule is COCC1(C(=O)NCC(C)Oc2ccccc2OC)CCNCC1. The van der Waals surface area contributed by atoms with Crippen LogP contribution in [0.15, 0.2) is 24.3 Å². The number of piperidine rings is 1. The van der Waals surface area contributed by atoms with E-state index in [2.05, 4.69) is 10.6 Å². The third kappa shape index (κ3) is 4.61. The first-order chi connectivity index (χ1) is 11.6. The largest absolute Gasteiger partial charge is 0.493 e. The molecule has 0 aliphatic carbocycles. The quantitative estimate of drug-likeness (QED) is 0.755. The molecule has 1 fully saturated rings. The summed E-state index contributed by atoms with van der Waals surface area (Å²) < 4.78 is 16.5. The normalized spacial score (nSPS) is 17.8. The monoisotopic (exact) mass is 336 g/mol. The van der Waals surface area contributed by atoms with Crippen LogP contribution >= 0.6 is 0 Å². The van der Waals surface area contributed by atoms with Crippen molar-refractivity contribution >= 4 is 5.91 Å². The fourth-order valence-electron chi connectivity index (χ4n) is 3.02. The number of amides is 1. The average Bonchev–Trinajstić information content (AvgIpc) is 2.61. The molecule has 0 radical (unpaired) electrons. The van der Waals surface area contributed by atoms with Gasteiger partial charge in [0.1, 0.15) is 6.10 Å². The average molecular weight is 336 g/mol. The fraction of sp³-hybridized carbons (Fsp3) is 0.611.